The first-order valence-electron chi connectivity index (χ1n) is 10.8. The Balaban J connectivity index is 1.71. The van der Waals surface area contributed by atoms with Gasteiger partial charge in [-0.1, -0.05) is 72.8 Å². The second-order valence-electron chi connectivity index (χ2n) is 8.78. The van der Waals surface area contributed by atoms with Gasteiger partial charge in [-0.2, -0.15) is 0 Å². The van der Waals surface area contributed by atoms with E-state index in [-0.39, 0.29) is 18.1 Å². The standard InChI is InChI=1S/C27H26N2O4/c1-27(2,3)33-26(31)23-24(32-17-18-10-5-4-6-11-18)25(30)29-22(28-23)16-20-14-9-13-19-12-7-8-15-21(19)20/h4-15H,16-17H2,1-3H3,(H,28,29,30). The molecule has 0 aliphatic rings. The molecule has 3 aromatic carbocycles. The second kappa shape index (κ2) is 9.28. The monoisotopic (exact) mass is 442 g/mol. The lowest BCUT2D eigenvalue weighted by atomic mass is 10.0. The number of hydrogen-bond acceptors (Lipinski definition) is 5. The van der Waals surface area contributed by atoms with Crippen molar-refractivity contribution in [2.24, 2.45) is 0 Å². The molecule has 0 bridgehead atoms. The Labute approximate surface area is 192 Å². The van der Waals surface area contributed by atoms with Crippen molar-refractivity contribution in [2.75, 3.05) is 0 Å². The minimum atomic E-state index is -0.742. The van der Waals surface area contributed by atoms with Gasteiger partial charge in [0.25, 0.3) is 5.56 Å². The SMILES string of the molecule is CC(C)(C)OC(=O)c1nc(Cc2cccc3ccccc23)[nH]c(=O)c1OCc1ccccc1. The maximum absolute atomic E-state index is 13.0. The van der Waals surface area contributed by atoms with Gasteiger partial charge in [-0.3, -0.25) is 4.79 Å². The van der Waals surface area contributed by atoms with Crippen LogP contribution in [0.4, 0.5) is 0 Å². The minimum Gasteiger partial charge on any atom is -0.481 e. The van der Waals surface area contributed by atoms with Crippen LogP contribution in [0, 0.1) is 0 Å². The van der Waals surface area contributed by atoms with Crippen molar-refractivity contribution in [1.29, 1.82) is 0 Å². The lowest BCUT2D eigenvalue weighted by Gasteiger charge is -2.20. The summed E-state index contributed by atoms with van der Waals surface area (Å²) in [6, 6.07) is 23.4. The number of nitrogens with zero attached hydrogens (tertiary/aromatic N) is 1. The molecule has 0 unspecified atom stereocenters. The fraction of sp³-hybridized carbons (Fsp3) is 0.222. The Morgan fingerprint density at radius 2 is 1.64 bits per heavy atom. The zero-order chi connectivity index (χ0) is 23.4. The summed E-state index contributed by atoms with van der Waals surface area (Å²) in [7, 11) is 0. The predicted octanol–water partition coefficient (Wildman–Crippen LogP) is 5.05. The van der Waals surface area contributed by atoms with Crippen molar-refractivity contribution in [2.45, 2.75) is 39.4 Å². The van der Waals surface area contributed by atoms with Gasteiger partial charge in [-0.15, -0.1) is 0 Å². The third-order valence-electron chi connectivity index (χ3n) is 4.98. The molecular weight excluding hydrogens is 416 g/mol. The maximum atomic E-state index is 13.0. The molecule has 1 aromatic heterocycles. The Hall–Kier alpha value is -3.93. The maximum Gasteiger partial charge on any atom is 0.361 e. The number of ether oxygens (including phenoxy) is 2. The molecule has 0 aliphatic heterocycles. The Kier molecular flexibility index (Phi) is 6.27. The molecule has 0 aliphatic carbocycles. The van der Waals surface area contributed by atoms with Gasteiger partial charge in [-0.05, 0) is 42.7 Å². The molecule has 168 valence electrons. The highest BCUT2D eigenvalue weighted by Gasteiger charge is 2.26. The van der Waals surface area contributed by atoms with Crippen LogP contribution in [0.5, 0.6) is 5.75 Å². The number of H-pyrrole nitrogens is 1. The molecular formula is C27H26N2O4. The fourth-order valence-corrected chi connectivity index (χ4v) is 3.55. The summed E-state index contributed by atoms with van der Waals surface area (Å²) < 4.78 is 11.3. The highest BCUT2D eigenvalue weighted by atomic mass is 16.6. The van der Waals surface area contributed by atoms with Gasteiger partial charge in [0.2, 0.25) is 5.75 Å². The van der Waals surface area contributed by atoms with Crippen molar-refractivity contribution in [1.82, 2.24) is 9.97 Å². The molecule has 4 aromatic rings. The van der Waals surface area contributed by atoms with Crippen molar-refractivity contribution >= 4 is 16.7 Å². The number of benzene rings is 3. The molecule has 0 fully saturated rings. The highest BCUT2D eigenvalue weighted by molar-refractivity contribution is 5.90. The van der Waals surface area contributed by atoms with E-state index in [9.17, 15) is 9.59 Å². The predicted molar refractivity (Wildman–Crippen MR) is 128 cm³/mol. The summed E-state index contributed by atoms with van der Waals surface area (Å²) in [6.45, 7) is 5.42. The molecule has 1 heterocycles. The third-order valence-corrected chi connectivity index (χ3v) is 4.98. The van der Waals surface area contributed by atoms with Gasteiger partial charge in [0.1, 0.15) is 18.0 Å². The zero-order valence-electron chi connectivity index (χ0n) is 18.9. The number of nitrogens with one attached hydrogen (secondary N) is 1. The quantitative estimate of drug-likeness (QED) is 0.423. The first-order chi connectivity index (χ1) is 15.8. The van der Waals surface area contributed by atoms with Gasteiger partial charge in [0, 0.05) is 6.42 Å². The van der Waals surface area contributed by atoms with E-state index in [2.05, 4.69) is 9.97 Å². The van der Waals surface area contributed by atoms with Crippen molar-refractivity contribution in [3.63, 3.8) is 0 Å². The van der Waals surface area contributed by atoms with Crippen LogP contribution >= 0.6 is 0 Å². The Morgan fingerprint density at radius 3 is 2.39 bits per heavy atom. The molecule has 0 atom stereocenters. The van der Waals surface area contributed by atoms with Crippen LogP contribution in [-0.2, 0) is 17.8 Å². The number of esters is 1. The van der Waals surface area contributed by atoms with Gasteiger partial charge < -0.3 is 14.5 Å². The summed E-state index contributed by atoms with van der Waals surface area (Å²) in [4.78, 5) is 33.2. The second-order valence-corrected chi connectivity index (χ2v) is 8.78. The van der Waals surface area contributed by atoms with E-state index in [1.54, 1.807) is 20.8 Å². The zero-order valence-corrected chi connectivity index (χ0v) is 18.9. The Bertz CT molecular complexity index is 1330. The average Bonchev–Trinajstić information content (AvgIpc) is 2.78. The Morgan fingerprint density at radius 1 is 0.939 bits per heavy atom. The van der Waals surface area contributed by atoms with Crippen LogP contribution in [0.1, 0.15) is 48.2 Å². The molecule has 6 nitrogen and oxygen atoms in total. The van der Waals surface area contributed by atoms with E-state index in [4.69, 9.17) is 9.47 Å². The molecule has 0 saturated carbocycles. The summed E-state index contributed by atoms with van der Waals surface area (Å²) in [5.74, 6) is -0.477. The van der Waals surface area contributed by atoms with E-state index in [0.29, 0.717) is 12.2 Å². The van der Waals surface area contributed by atoms with Crippen LogP contribution < -0.4 is 10.3 Å². The lowest BCUT2D eigenvalue weighted by Crippen LogP contribution is -2.28. The topological polar surface area (TPSA) is 81.3 Å². The first-order valence-corrected chi connectivity index (χ1v) is 10.8. The van der Waals surface area contributed by atoms with Gasteiger partial charge in [0.15, 0.2) is 5.69 Å². The lowest BCUT2D eigenvalue weighted by molar-refractivity contribution is 0.00573. The summed E-state index contributed by atoms with van der Waals surface area (Å²) >= 11 is 0. The van der Waals surface area contributed by atoms with Crippen molar-refractivity contribution < 1.29 is 14.3 Å². The smallest absolute Gasteiger partial charge is 0.361 e. The van der Waals surface area contributed by atoms with E-state index in [1.165, 1.54) is 0 Å². The molecule has 0 radical (unpaired) electrons. The number of carbonyl (C=O) groups is 1. The molecule has 6 heteroatoms. The molecule has 4 rings (SSSR count). The number of aromatic nitrogens is 2. The van der Waals surface area contributed by atoms with Crippen molar-refractivity contribution in [3.05, 3.63) is 106 Å². The fourth-order valence-electron chi connectivity index (χ4n) is 3.55. The van der Waals surface area contributed by atoms with Crippen LogP contribution in [0.2, 0.25) is 0 Å². The van der Waals surface area contributed by atoms with E-state index in [0.717, 1.165) is 21.9 Å². The van der Waals surface area contributed by atoms with Crippen LogP contribution in [0.25, 0.3) is 10.8 Å². The molecule has 0 saturated heterocycles. The van der Waals surface area contributed by atoms with Gasteiger partial charge in [0.05, 0.1) is 0 Å². The van der Waals surface area contributed by atoms with Crippen LogP contribution in [-0.4, -0.2) is 21.5 Å². The molecule has 0 spiro atoms. The molecule has 33 heavy (non-hydrogen) atoms. The normalized spacial score (nSPS) is 11.4. The van der Waals surface area contributed by atoms with E-state index < -0.39 is 17.1 Å². The molecule has 1 N–H and O–H groups in total. The van der Waals surface area contributed by atoms with Crippen molar-refractivity contribution in [3.8, 4) is 5.75 Å². The summed E-state index contributed by atoms with van der Waals surface area (Å²) in [5.41, 5.74) is 0.474. The average molecular weight is 443 g/mol. The largest absolute Gasteiger partial charge is 0.481 e. The van der Waals surface area contributed by atoms with Gasteiger partial charge >= 0.3 is 5.97 Å². The number of aromatic amines is 1. The first kappa shape index (κ1) is 22.3. The van der Waals surface area contributed by atoms with Crippen LogP contribution in [0.15, 0.2) is 77.6 Å². The minimum absolute atomic E-state index is 0.125. The molecule has 0 amide bonds. The van der Waals surface area contributed by atoms with E-state index in [1.807, 2.05) is 72.8 Å². The number of carbonyl (C=O) groups excluding carboxylic acids is 1. The van der Waals surface area contributed by atoms with Crippen LogP contribution in [0.3, 0.4) is 0 Å². The van der Waals surface area contributed by atoms with Gasteiger partial charge in [-0.25, -0.2) is 9.78 Å². The van der Waals surface area contributed by atoms with E-state index >= 15 is 0 Å². The number of fused-ring (bicyclic) bond motifs is 1. The highest BCUT2D eigenvalue weighted by Crippen LogP contribution is 2.22. The summed E-state index contributed by atoms with van der Waals surface area (Å²) in [5, 5.41) is 2.15. The summed E-state index contributed by atoms with van der Waals surface area (Å²) in [6.07, 6.45) is 0.353. The number of hydrogen-bond donors (Lipinski definition) is 1. The third kappa shape index (κ3) is 5.47. The number of rotatable bonds is 6.